The van der Waals surface area contributed by atoms with E-state index >= 15 is 0 Å². The lowest BCUT2D eigenvalue weighted by atomic mass is 10.1. The molecule has 5 aromatic rings. The molecule has 0 saturated heterocycles. The molecule has 0 radical (unpaired) electrons. The molecule has 0 unspecified atom stereocenters. The fourth-order valence-electron chi connectivity index (χ4n) is 3.60. The van der Waals surface area contributed by atoms with Gasteiger partial charge < -0.3 is 4.74 Å². The molecule has 5 heteroatoms. The molecule has 3 heterocycles. The van der Waals surface area contributed by atoms with Crippen LogP contribution < -0.4 is 10.3 Å². The average molecular weight is 361 g/mol. The molecule has 0 aliphatic carbocycles. The number of halogens is 1. The van der Waals surface area contributed by atoms with Crippen molar-refractivity contribution in [3.8, 4) is 5.75 Å². The number of ether oxygens (including phenoxy) is 1. The van der Waals surface area contributed by atoms with Crippen LogP contribution >= 0.6 is 11.6 Å². The van der Waals surface area contributed by atoms with Crippen LogP contribution in [0.4, 0.5) is 0 Å². The Morgan fingerprint density at radius 2 is 1.88 bits per heavy atom. The molecule has 0 aliphatic rings. The van der Waals surface area contributed by atoms with E-state index in [9.17, 15) is 4.79 Å². The molecule has 2 aromatic carbocycles. The molecular weight excluding hydrogens is 348 g/mol. The molecule has 126 valence electrons. The number of nitrogens with zero attached hydrogens (tertiary/aromatic N) is 2. The molecule has 0 spiro atoms. The molecular formula is C21H13ClN2O2. The van der Waals surface area contributed by atoms with Crippen molar-refractivity contribution < 1.29 is 4.74 Å². The summed E-state index contributed by atoms with van der Waals surface area (Å²) in [6.07, 6.45) is 1.78. The third-order valence-corrected chi connectivity index (χ3v) is 4.77. The van der Waals surface area contributed by atoms with Gasteiger partial charge in [0, 0.05) is 32.8 Å². The Morgan fingerprint density at radius 3 is 2.69 bits per heavy atom. The van der Waals surface area contributed by atoms with E-state index < -0.39 is 0 Å². The third kappa shape index (κ3) is 2.02. The Morgan fingerprint density at radius 1 is 1.08 bits per heavy atom. The van der Waals surface area contributed by atoms with Crippen LogP contribution in [-0.4, -0.2) is 16.0 Å². The van der Waals surface area contributed by atoms with Crippen LogP contribution in [0.15, 0.2) is 71.1 Å². The van der Waals surface area contributed by atoms with Gasteiger partial charge in [-0.25, -0.2) is 0 Å². The molecule has 4 nitrogen and oxygen atoms in total. The minimum absolute atomic E-state index is 0.0381. The normalized spacial score (nSPS) is 11.7. The highest BCUT2D eigenvalue weighted by Gasteiger charge is 2.17. The summed E-state index contributed by atoms with van der Waals surface area (Å²) in [7, 11) is 0. The molecule has 0 fully saturated rings. The second-order valence-electron chi connectivity index (χ2n) is 6.23. The first kappa shape index (κ1) is 15.2. The van der Waals surface area contributed by atoms with Gasteiger partial charge in [0.2, 0.25) is 0 Å². The molecule has 0 N–H and O–H groups in total. The van der Waals surface area contributed by atoms with Crippen molar-refractivity contribution in [1.82, 2.24) is 9.38 Å². The minimum Gasteiger partial charge on any atom is -0.488 e. The number of benzene rings is 2. The van der Waals surface area contributed by atoms with E-state index in [0.29, 0.717) is 16.2 Å². The van der Waals surface area contributed by atoms with Crippen molar-refractivity contribution >= 4 is 49.7 Å². The topological polar surface area (TPSA) is 43.6 Å². The zero-order valence-corrected chi connectivity index (χ0v) is 14.5. The van der Waals surface area contributed by atoms with E-state index in [0.717, 1.165) is 32.7 Å². The van der Waals surface area contributed by atoms with E-state index in [-0.39, 0.29) is 12.2 Å². The molecule has 0 amide bonds. The SMILES string of the molecule is C=C(Cl)COc1ccc2c(c1)c1ccnc3c4ccccc4c(=O)n2c13. The number of hydrogen-bond acceptors (Lipinski definition) is 3. The molecule has 5 rings (SSSR count). The molecule has 26 heavy (non-hydrogen) atoms. The van der Waals surface area contributed by atoms with Gasteiger partial charge in [-0.3, -0.25) is 14.2 Å². The summed E-state index contributed by atoms with van der Waals surface area (Å²) in [5, 5.41) is 3.89. The highest BCUT2D eigenvalue weighted by molar-refractivity contribution is 6.29. The summed E-state index contributed by atoms with van der Waals surface area (Å²) in [4.78, 5) is 17.7. The summed E-state index contributed by atoms with van der Waals surface area (Å²) in [5.41, 5.74) is 2.46. The zero-order chi connectivity index (χ0) is 17.8. The minimum atomic E-state index is -0.0381. The quantitative estimate of drug-likeness (QED) is 0.437. The number of aromatic nitrogens is 2. The Kier molecular flexibility index (Phi) is 3.18. The van der Waals surface area contributed by atoms with Crippen LogP contribution in [0.1, 0.15) is 0 Å². The second kappa shape index (κ2) is 5.44. The Balaban J connectivity index is 1.95. The maximum atomic E-state index is 13.1. The van der Waals surface area contributed by atoms with Crippen molar-refractivity contribution in [3.63, 3.8) is 0 Å². The van der Waals surface area contributed by atoms with Crippen LogP contribution in [-0.2, 0) is 0 Å². The predicted molar refractivity (Wildman–Crippen MR) is 106 cm³/mol. The van der Waals surface area contributed by atoms with Gasteiger partial charge in [-0.15, -0.1) is 0 Å². The van der Waals surface area contributed by atoms with Gasteiger partial charge in [0.15, 0.2) is 0 Å². The smallest absolute Gasteiger partial charge is 0.263 e. The Bertz CT molecular complexity index is 1390. The van der Waals surface area contributed by atoms with Crippen LogP contribution in [0.3, 0.4) is 0 Å². The largest absolute Gasteiger partial charge is 0.488 e. The lowest BCUT2D eigenvalue weighted by Crippen LogP contribution is -2.13. The van der Waals surface area contributed by atoms with Crippen molar-refractivity contribution in [2.75, 3.05) is 6.61 Å². The molecule has 3 aromatic heterocycles. The van der Waals surface area contributed by atoms with Gasteiger partial charge >= 0.3 is 0 Å². The van der Waals surface area contributed by atoms with Gasteiger partial charge in [0.05, 0.1) is 16.6 Å². The van der Waals surface area contributed by atoms with E-state index in [2.05, 4.69) is 11.6 Å². The van der Waals surface area contributed by atoms with Crippen molar-refractivity contribution in [2.45, 2.75) is 0 Å². The third-order valence-electron chi connectivity index (χ3n) is 4.66. The van der Waals surface area contributed by atoms with Crippen LogP contribution in [0.5, 0.6) is 5.75 Å². The van der Waals surface area contributed by atoms with Crippen molar-refractivity contribution in [2.24, 2.45) is 0 Å². The van der Waals surface area contributed by atoms with Crippen molar-refractivity contribution in [3.05, 3.63) is 76.7 Å². The summed E-state index contributed by atoms with van der Waals surface area (Å²) in [5.74, 6) is 0.681. The number of rotatable bonds is 3. The second-order valence-corrected chi connectivity index (χ2v) is 6.76. The molecule has 0 atom stereocenters. The van der Waals surface area contributed by atoms with E-state index in [1.165, 1.54) is 0 Å². The van der Waals surface area contributed by atoms with Gasteiger partial charge in [-0.2, -0.15) is 0 Å². The maximum Gasteiger partial charge on any atom is 0.263 e. The monoisotopic (exact) mass is 360 g/mol. The zero-order valence-electron chi connectivity index (χ0n) is 13.7. The van der Waals surface area contributed by atoms with Gasteiger partial charge in [-0.05, 0) is 30.3 Å². The fraction of sp³-hybridized carbons (Fsp3) is 0.0476. The first-order chi connectivity index (χ1) is 12.6. The number of pyridine rings is 2. The summed E-state index contributed by atoms with van der Waals surface area (Å²) >= 11 is 5.79. The summed E-state index contributed by atoms with van der Waals surface area (Å²) in [6.45, 7) is 3.87. The van der Waals surface area contributed by atoms with Crippen LogP contribution in [0.2, 0.25) is 0 Å². The standard InChI is InChI=1S/C21H13ClN2O2/c1-12(22)11-26-13-6-7-18-17(10-13)15-8-9-23-19-14-4-2-3-5-16(14)21(25)24(18)20(15)19/h2-10H,1,11H2. The summed E-state index contributed by atoms with van der Waals surface area (Å²) in [6, 6.07) is 15.2. The van der Waals surface area contributed by atoms with Gasteiger partial charge in [0.25, 0.3) is 5.56 Å². The van der Waals surface area contributed by atoms with Crippen molar-refractivity contribution in [1.29, 1.82) is 0 Å². The first-order valence-corrected chi connectivity index (χ1v) is 8.56. The number of hydrogen-bond donors (Lipinski definition) is 0. The molecule has 0 bridgehead atoms. The first-order valence-electron chi connectivity index (χ1n) is 8.18. The highest BCUT2D eigenvalue weighted by atomic mass is 35.5. The highest BCUT2D eigenvalue weighted by Crippen LogP contribution is 2.34. The van der Waals surface area contributed by atoms with E-state index in [4.69, 9.17) is 16.3 Å². The summed E-state index contributed by atoms with van der Waals surface area (Å²) < 4.78 is 7.41. The predicted octanol–water partition coefficient (Wildman–Crippen LogP) is 4.72. The van der Waals surface area contributed by atoms with Crippen LogP contribution in [0, 0.1) is 0 Å². The lowest BCUT2D eigenvalue weighted by molar-refractivity contribution is 0.360. The fourth-order valence-corrected chi connectivity index (χ4v) is 3.65. The lowest BCUT2D eigenvalue weighted by Gasteiger charge is -2.05. The Labute approximate surface area is 153 Å². The Hall–Kier alpha value is -3.11. The van der Waals surface area contributed by atoms with Gasteiger partial charge in [-0.1, -0.05) is 36.4 Å². The van der Waals surface area contributed by atoms with Crippen LogP contribution in [0.25, 0.3) is 38.1 Å². The average Bonchev–Trinajstić information content (AvgIpc) is 2.99. The van der Waals surface area contributed by atoms with Gasteiger partial charge in [0.1, 0.15) is 12.4 Å². The molecule has 0 saturated carbocycles. The number of fused-ring (bicyclic) bond motifs is 5. The van der Waals surface area contributed by atoms with E-state index in [1.807, 2.05) is 48.5 Å². The molecule has 0 aliphatic heterocycles. The maximum absolute atomic E-state index is 13.1. The van der Waals surface area contributed by atoms with E-state index in [1.54, 1.807) is 10.6 Å².